The third-order valence-corrected chi connectivity index (χ3v) is 4.20. The Hall–Kier alpha value is -15.0. The molecule has 0 fully saturated rings. The van der Waals surface area contributed by atoms with Gasteiger partial charge in [0.2, 0.25) is 0 Å². The maximum absolute atomic E-state index is 8.19. The Morgan fingerprint density at radius 1 is 0.153 bits per heavy atom. The van der Waals surface area contributed by atoms with Gasteiger partial charge in [-0.2, -0.15) is 0 Å². The van der Waals surface area contributed by atoms with E-state index in [1.54, 1.807) is 0 Å². The molecule has 2 heteroatoms. The Balaban J connectivity index is 0. The van der Waals surface area contributed by atoms with Crippen molar-refractivity contribution >= 4 is 0 Å². The summed E-state index contributed by atoms with van der Waals surface area (Å²) in [5.74, 6) is 167. The van der Waals surface area contributed by atoms with Crippen molar-refractivity contribution < 1.29 is 21.0 Å². The number of hydrogen-bond acceptors (Lipinski definition) is 1. The van der Waals surface area contributed by atoms with Gasteiger partial charge in [0, 0.05) is 290 Å². The molecule has 0 spiro atoms. The van der Waals surface area contributed by atoms with Crippen LogP contribution in [0.25, 0.3) is 0 Å². The van der Waals surface area contributed by atoms with Gasteiger partial charge >= 0.3 is 21.0 Å². The fraction of sp³-hybridized carbons (Fsp3) is 0. The van der Waals surface area contributed by atoms with E-state index in [1.165, 1.54) is 0 Å². The summed E-state index contributed by atoms with van der Waals surface area (Å²) in [7, 11) is 0. The van der Waals surface area contributed by atoms with Gasteiger partial charge in [-0.1, -0.05) is 0 Å². The molecule has 0 aliphatic rings. The molecule has 0 radical (unpaired) electrons. The van der Waals surface area contributed by atoms with Gasteiger partial charge in [0.25, 0.3) is 0 Å². The topological polar surface area (TPSA) is 17.1 Å². The van der Waals surface area contributed by atoms with Crippen LogP contribution in [0.1, 0.15) is 0 Å². The zero-order valence-electron chi connectivity index (χ0n) is 35.9. The van der Waals surface area contributed by atoms with Gasteiger partial charge in [0.15, 0.2) is 0 Å². The van der Waals surface area contributed by atoms with Crippen LogP contribution in [0, 0.1) is 415 Å². The summed E-state index contributed by atoms with van der Waals surface area (Å²) in [6.07, 6.45) is 11.5. The first-order valence-corrected chi connectivity index (χ1v) is 18.0. The van der Waals surface area contributed by atoms with Crippen LogP contribution >= 0.6 is 0 Å². The Kier molecular flexibility index (Phi) is 49.5. The van der Waals surface area contributed by atoms with Gasteiger partial charge in [-0.05, 0) is 94.7 Å². The van der Waals surface area contributed by atoms with Crippen LogP contribution in [0.4, 0.5) is 0 Å². The second-order valence-corrected chi connectivity index (χ2v) is 8.52. The number of hydrogen-bond donors (Lipinski definition) is 0. The number of terminal acetylenes is 1. The summed E-state index contributed by atoms with van der Waals surface area (Å²) in [5.41, 5.74) is 0. The van der Waals surface area contributed by atoms with Crippen LogP contribution in [-0.4, -0.2) is 0 Å². The Morgan fingerprint density at radius 2 is 0.222 bits per heavy atom. The average Bonchev–Trinajstić information content (AvgIpc) is 3.40. The van der Waals surface area contributed by atoms with Crippen molar-refractivity contribution in [2.75, 3.05) is 0 Å². The van der Waals surface area contributed by atoms with E-state index in [-0.39, 0.29) is 0 Å². The number of rotatable bonds is 0. The van der Waals surface area contributed by atoms with Crippen LogP contribution < -0.4 is 0 Å². The predicted octanol–water partition coefficient (Wildman–Crippen LogP) is 0.200. The van der Waals surface area contributed by atoms with Gasteiger partial charge in [-0.3, -0.25) is 5.92 Å². The van der Waals surface area contributed by atoms with Crippen molar-refractivity contribution in [3.8, 4) is 409 Å². The molecule has 72 heavy (non-hydrogen) atoms. The normalized spacial score (nSPS) is 3.85. The molecule has 293 valence electrons. The summed E-state index contributed by atoms with van der Waals surface area (Å²) >= 11 is 1.06. The molecular weight excluding hydrogens is 908 g/mol. The standard InChI is InChI=1S/C70H.O.V/c1-3-5-7-9-11-13-15-17-19-21-23-25-27-29-31-33-35-37-39-41-43-45-47-49-51-53-55-57-59-61-63-65-67-69-70-68-66-64-62-60-58-56-54-52-50-48-46-44-42-40-38-36-34-32-30-28-26-24-22-20-18-16-14-12-10-8-6-4-2;;/h1H;;/q-1;;. The molecule has 0 aromatic rings. The van der Waals surface area contributed by atoms with E-state index in [4.69, 9.17) is 16.5 Å². The first kappa shape index (κ1) is 59.1. The summed E-state index contributed by atoms with van der Waals surface area (Å²) in [6.45, 7) is 0. The van der Waals surface area contributed by atoms with Crippen LogP contribution in [-0.2, 0) is 21.0 Å². The van der Waals surface area contributed by atoms with Crippen LogP contribution in [0.15, 0.2) is 0 Å². The molecule has 0 aromatic heterocycles. The van der Waals surface area contributed by atoms with Crippen LogP contribution in [0.5, 0.6) is 0 Å². The molecule has 0 amide bonds. The minimum atomic E-state index is 1.06. The molecule has 1 nitrogen and oxygen atoms in total. The van der Waals surface area contributed by atoms with Gasteiger partial charge in [0.1, 0.15) is 0 Å². The molecule has 0 aliphatic carbocycles. The van der Waals surface area contributed by atoms with Crippen molar-refractivity contribution in [2.45, 2.75) is 0 Å². The zero-order chi connectivity index (χ0) is 52.1. The van der Waals surface area contributed by atoms with Crippen molar-refractivity contribution in [2.24, 2.45) is 0 Å². The van der Waals surface area contributed by atoms with Crippen LogP contribution in [0.3, 0.4) is 0 Å². The Morgan fingerprint density at radius 3 is 0.292 bits per heavy atom. The molecule has 0 aliphatic heterocycles. The minimum absolute atomic E-state index is 1.06. The monoisotopic (exact) mass is 908 g/mol. The molecule has 0 aromatic carbocycles. The summed E-state index contributed by atoms with van der Waals surface area (Å²) in [6, 6.07) is 0. The molecule has 0 saturated heterocycles. The summed E-state index contributed by atoms with van der Waals surface area (Å²) in [5, 5.41) is 0. The Bertz CT molecular complexity index is 4350. The molecular formula is C70HOV-. The second-order valence-electron chi connectivity index (χ2n) is 8.52. The third-order valence-electron chi connectivity index (χ3n) is 4.20. The van der Waals surface area contributed by atoms with Gasteiger partial charge in [0.05, 0.1) is 0 Å². The van der Waals surface area contributed by atoms with E-state index >= 15 is 0 Å². The zero-order valence-corrected chi connectivity index (χ0v) is 37.3. The van der Waals surface area contributed by atoms with Gasteiger partial charge in [-0.15, -0.1) is 12.3 Å². The van der Waals surface area contributed by atoms with E-state index in [1.807, 2.05) is 5.92 Å². The van der Waals surface area contributed by atoms with Gasteiger partial charge < -0.3 is 6.42 Å². The van der Waals surface area contributed by atoms with Crippen molar-refractivity contribution in [1.82, 2.24) is 0 Å². The fourth-order valence-corrected chi connectivity index (χ4v) is 2.07. The summed E-state index contributed by atoms with van der Waals surface area (Å²) < 4.78 is 8.19. The fourth-order valence-electron chi connectivity index (χ4n) is 2.07. The van der Waals surface area contributed by atoms with E-state index < -0.39 is 0 Å². The second kappa shape index (κ2) is 60.3. The van der Waals surface area contributed by atoms with Gasteiger partial charge in [-0.25, -0.2) is 5.92 Å². The van der Waals surface area contributed by atoms with Crippen molar-refractivity contribution in [3.05, 3.63) is 6.42 Å². The molecule has 0 atom stereocenters. The predicted molar refractivity (Wildman–Crippen MR) is 273 cm³/mol. The molecule has 0 heterocycles. The molecule has 0 bridgehead atoms. The van der Waals surface area contributed by atoms with E-state index in [2.05, 4.69) is 397 Å². The van der Waals surface area contributed by atoms with E-state index in [0.717, 1.165) is 17.4 Å². The molecule has 0 rings (SSSR count). The maximum atomic E-state index is 8.19. The molecule has 0 unspecified atom stereocenters. The van der Waals surface area contributed by atoms with Crippen molar-refractivity contribution in [1.29, 1.82) is 0 Å². The summed E-state index contributed by atoms with van der Waals surface area (Å²) in [4.78, 5) is 0. The SMILES string of the molecule is [C-]#CC#CC#CC#CC#CC#CC#CC#CC#CC#CC#CC#CC#CC#CC#CC#CC#CC#CC#CC#CC#CC#CC#CC#CC#CC#CC#CC#CC#CC#CC#CC#CC#CC#CC#C.[O]=[V]. The van der Waals surface area contributed by atoms with Crippen LogP contribution in [0.2, 0.25) is 0 Å². The van der Waals surface area contributed by atoms with E-state index in [9.17, 15) is 0 Å². The first-order chi connectivity index (χ1) is 35.9. The molecule has 0 N–H and O–H groups in total. The quantitative estimate of drug-likeness (QED) is 0.251. The average molecular weight is 909 g/mol. The van der Waals surface area contributed by atoms with Crippen molar-refractivity contribution in [3.63, 3.8) is 0 Å². The Labute approximate surface area is 433 Å². The molecule has 0 saturated carbocycles. The first-order valence-electron chi connectivity index (χ1n) is 17.5. The van der Waals surface area contributed by atoms with E-state index in [0.29, 0.717) is 0 Å². The third kappa shape index (κ3) is 59.3.